The number of benzene rings is 1. The van der Waals surface area contributed by atoms with Gasteiger partial charge in [0.25, 0.3) is 5.91 Å². The maximum absolute atomic E-state index is 12.8. The third kappa shape index (κ3) is 3.52. The molecule has 0 spiro atoms. The van der Waals surface area contributed by atoms with Crippen molar-refractivity contribution < 1.29 is 14.0 Å². The largest absolute Gasteiger partial charge is 0.459 e. The Bertz CT molecular complexity index is 790. The molecule has 0 radical (unpaired) electrons. The summed E-state index contributed by atoms with van der Waals surface area (Å²) in [5, 5.41) is 0. The average molecular weight is 354 g/mol. The van der Waals surface area contributed by atoms with Crippen LogP contribution in [0.4, 0.5) is 0 Å². The monoisotopic (exact) mass is 354 g/mol. The van der Waals surface area contributed by atoms with Gasteiger partial charge in [-0.2, -0.15) is 0 Å². The van der Waals surface area contributed by atoms with Crippen LogP contribution in [-0.2, 0) is 11.2 Å². The van der Waals surface area contributed by atoms with Gasteiger partial charge in [-0.15, -0.1) is 0 Å². The van der Waals surface area contributed by atoms with Crippen LogP contribution in [0, 0.1) is 27.7 Å². The van der Waals surface area contributed by atoms with Gasteiger partial charge in [-0.3, -0.25) is 9.59 Å². The molecule has 2 aromatic rings. The first-order valence-corrected chi connectivity index (χ1v) is 9.05. The van der Waals surface area contributed by atoms with E-state index >= 15 is 0 Å². The molecule has 3 rings (SSSR count). The third-order valence-corrected chi connectivity index (χ3v) is 5.50. The van der Waals surface area contributed by atoms with E-state index in [4.69, 9.17) is 4.42 Å². The predicted octanol–water partition coefficient (Wildman–Crippen LogP) is 3.04. The van der Waals surface area contributed by atoms with Gasteiger partial charge < -0.3 is 14.2 Å². The van der Waals surface area contributed by atoms with Crippen LogP contribution in [0.2, 0.25) is 0 Å². The fraction of sp³-hybridized carbons (Fsp3) is 0.429. The van der Waals surface area contributed by atoms with Crippen molar-refractivity contribution in [3.8, 4) is 0 Å². The van der Waals surface area contributed by atoms with Crippen molar-refractivity contribution >= 4 is 11.8 Å². The Hall–Kier alpha value is -2.56. The van der Waals surface area contributed by atoms with E-state index in [2.05, 4.69) is 33.8 Å². The van der Waals surface area contributed by atoms with E-state index in [1.54, 1.807) is 17.0 Å². The van der Waals surface area contributed by atoms with Gasteiger partial charge in [0.2, 0.25) is 5.91 Å². The molecule has 2 amide bonds. The summed E-state index contributed by atoms with van der Waals surface area (Å²) in [6, 6.07) is 5.56. The highest BCUT2D eigenvalue weighted by molar-refractivity contribution is 5.91. The normalized spacial score (nSPS) is 14.6. The number of hydrogen-bond donors (Lipinski definition) is 0. The molecule has 1 aromatic heterocycles. The van der Waals surface area contributed by atoms with Gasteiger partial charge in [-0.05, 0) is 67.6 Å². The highest BCUT2D eigenvalue weighted by Gasteiger charge is 2.26. The fourth-order valence-electron chi connectivity index (χ4n) is 3.54. The summed E-state index contributed by atoms with van der Waals surface area (Å²) in [5.74, 6) is 0.376. The highest BCUT2D eigenvalue weighted by atomic mass is 16.3. The van der Waals surface area contributed by atoms with E-state index in [1.165, 1.54) is 28.5 Å². The summed E-state index contributed by atoms with van der Waals surface area (Å²) in [6.07, 6.45) is 1.92. The Morgan fingerprint density at radius 1 is 0.962 bits per heavy atom. The van der Waals surface area contributed by atoms with E-state index in [0.29, 0.717) is 38.4 Å². The number of rotatable bonds is 3. The summed E-state index contributed by atoms with van der Waals surface area (Å²) >= 11 is 0. The number of nitrogens with zero attached hydrogens (tertiary/aromatic N) is 2. The number of piperazine rings is 1. The van der Waals surface area contributed by atoms with Crippen molar-refractivity contribution in [3.63, 3.8) is 0 Å². The van der Waals surface area contributed by atoms with Crippen LogP contribution < -0.4 is 0 Å². The molecule has 0 atom stereocenters. The average Bonchev–Trinajstić information content (AvgIpc) is 3.17. The molecule has 0 bridgehead atoms. The van der Waals surface area contributed by atoms with E-state index in [9.17, 15) is 9.59 Å². The summed E-state index contributed by atoms with van der Waals surface area (Å²) in [6.45, 7) is 10.6. The predicted molar refractivity (Wildman–Crippen MR) is 100 cm³/mol. The molecular weight excluding hydrogens is 328 g/mol. The molecule has 0 aliphatic carbocycles. The Morgan fingerprint density at radius 3 is 2.08 bits per heavy atom. The molecule has 5 heteroatoms. The zero-order chi connectivity index (χ0) is 18.8. The van der Waals surface area contributed by atoms with Crippen LogP contribution in [0.25, 0.3) is 0 Å². The molecule has 1 fully saturated rings. The lowest BCUT2D eigenvalue weighted by Gasteiger charge is -2.34. The van der Waals surface area contributed by atoms with Gasteiger partial charge in [0.15, 0.2) is 5.76 Å². The van der Waals surface area contributed by atoms with Crippen LogP contribution in [0.3, 0.4) is 0 Å². The zero-order valence-electron chi connectivity index (χ0n) is 16.0. The van der Waals surface area contributed by atoms with E-state index in [0.717, 1.165) is 5.56 Å². The Balaban J connectivity index is 1.64. The standard InChI is InChI=1S/C21H26N2O3/c1-14-12-15(2)17(4)18(16(14)3)13-20(24)22-7-9-23(10-8-22)21(25)19-6-5-11-26-19/h5-6,11-12H,7-10,13H2,1-4H3. The second-order valence-corrected chi connectivity index (χ2v) is 7.07. The first-order chi connectivity index (χ1) is 12.4. The van der Waals surface area contributed by atoms with Gasteiger partial charge in [0.1, 0.15) is 0 Å². The number of hydrogen-bond acceptors (Lipinski definition) is 3. The van der Waals surface area contributed by atoms with Crippen LogP contribution in [-0.4, -0.2) is 47.8 Å². The van der Waals surface area contributed by atoms with E-state index in [-0.39, 0.29) is 11.8 Å². The van der Waals surface area contributed by atoms with Gasteiger partial charge >= 0.3 is 0 Å². The van der Waals surface area contributed by atoms with Crippen molar-refractivity contribution in [2.24, 2.45) is 0 Å². The summed E-state index contributed by atoms with van der Waals surface area (Å²) in [4.78, 5) is 28.7. The van der Waals surface area contributed by atoms with Crippen LogP contribution >= 0.6 is 0 Å². The molecule has 26 heavy (non-hydrogen) atoms. The van der Waals surface area contributed by atoms with Crippen LogP contribution in [0.1, 0.15) is 38.4 Å². The quantitative estimate of drug-likeness (QED) is 0.851. The Labute approximate surface area is 154 Å². The molecule has 0 unspecified atom stereocenters. The Kier molecular flexibility index (Phi) is 5.16. The van der Waals surface area contributed by atoms with E-state index in [1.807, 2.05) is 4.90 Å². The minimum atomic E-state index is -0.108. The van der Waals surface area contributed by atoms with Gasteiger partial charge in [-0.1, -0.05) is 6.07 Å². The van der Waals surface area contributed by atoms with Crippen molar-refractivity contribution in [1.29, 1.82) is 0 Å². The summed E-state index contributed by atoms with van der Waals surface area (Å²) < 4.78 is 5.18. The molecule has 0 N–H and O–H groups in total. The molecule has 1 aliphatic heterocycles. The Morgan fingerprint density at radius 2 is 1.54 bits per heavy atom. The highest BCUT2D eigenvalue weighted by Crippen LogP contribution is 2.23. The van der Waals surface area contributed by atoms with Crippen molar-refractivity contribution in [3.05, 3.63) is 58.0 Å². The maximum Gasteiger partial charge on any atom is 0.289 e. The lowest BCUT2D eigenvalue weighted by Crippen LogP contribution is -2.51. The van der Waals surface area contributed by atoms with Crippen molar-refractivity contribution in [2.45, 2.75) is 34.1 Å². The second-order valence-electron chi connectivity index (χ2n) is 7.07. The SMILES string of the molecule is Cc1cc(C)c(C)c(CC(=O)N2CCN(C(=O)c3ccco3)CC2)c1C. The molecule has 1 aliphatic rings. The molecule has 2 heterocycles. The van der Waals surface area contributed by atoms with Gasteiger partial charge in [0, 0.05) is 26.2 Å². The lowest BCUT2D eigenvalue weighted by atomic mass is 9.92. The molecule has 1 aromatic carbocycles. The van der Waals surface area contributed by atoms with Gasteiger partial charge in [0.05, 0.1) is 12.7 Å². The molecule has 1 saturated heterocycles. The second kappa shape index (κ2) is 7.36. The minimum Gasteiger partial charge on any atom is -0.459 e. The molecular formula is C21H26N2O3. The van der Waals surface area contributed by atoms with Crippen molar-refractivity contribution in [1.82, 2.24) is 9.80 Å². The van der Waals surface area contributed by atoms with Crippen LogP contribution in [0.15, 0.2) is 28.9 Å². The number of furan rings is 1. The first kappa shape index (κ1) is 18.2. The molecule has 0 saturated carbocycles. The maximum atomic E-state index is 12.8. The van der Waals surface area contributed by atoms with Crippen LogP contribution in [0.5, 0.6) is 0 Å². The topological polar surface area (TPSA) is 53.8 Å². The fourth-order valence-corrected chi connectivity index (χ4v) is 3.54. The zero-order valence-corrected chi connectivity index (χ0v) is 16.0. The number of amides is 2. The smallest absolute Gasteiger partial charge is 0.289 e. The number of carbonyl (C=O) groups excluding carboxylic acids is 2. The lowest BCUT2D eigenvalue weighted by molar-refractivity contribution is -0.131. The third-order valence-electron chi connectivity index (χ3n) is 5.50. The first-order valence-electron chi connectivity index (χ1n) is 9.05. The van der Waals surface area contributed by atoms with E-state index < -0.39 is 0 Å². The van der Waals surface area contributed by atoms with Crippen molar-refractivity contribution in [2.75, 3.05) is 26.2 Å². The number of aryl methyl sites for hydroxylation is 2. The molecule has 138 valence electrons. The minimum absolute atomic E-state index is 0.108. The number of carbonyl (C=O) groups is 2. The molecule has 5 nitrogen and oxygen atoms in total. The van der Waals surface area contributed by atoms with Gasteiger partial charge in [-0.25, -0.2) is 0 Å². The summed E-state index contributed by atoms with van der Waals surface area (Å²) in [5.41, 5.74) is 6.00. The summed E-state index contributed by atoms with van der Waals surface area (Å²) in [7, 11) is 0.